The first-order chi connectivity index (χ1) is 17.8. The van der Waals surface area contributed by atoms with Gasteiger partial charge in [0.15, 0.2) is 0 Å². The highest BCUT2D eigenvalue weighted by atomic mass is 19.1. The van der Waals surface area contributed by atoms with Crippen molar-refractivity contribution in [2.24, 2.45) is 0 Å². The fourth-order valence-electron chi connectivity index (χ4n) is 2.96. The molecular weight excluding hydrogens is 497 g/mol. The van der Waals surface area contributed by atoms with Crippen LogP contribution in [0.1, 0.15) is 31.1 Å². The van der Waals surface area contributed by atoms with Gasteiger partial charge in [-0.25, -0.2) is 27.6 Å². The molecule has 37 heavy (non-hydrogen) atoms. The van der Waals surface area contributed by atoms with E-state index in [1.165, 1.54) is 0 Å². The molecule has 0 aliphatic heterocycles. The third-order valence-electron chi connectivity index (χ3n) is 4.74. The molecule has 13 heteroatoms. The van der Waals surface area contributed by atoms with E-state index in [1.54, 1.807) is 4.90 Å². The fourth-order valence-corrected chi connectivity index (χ4v) is 2.96. The van der Waals surface area contributed by atoms with Crippen LogP contribution in [0, 0.1) is 17.5 Å². The lowest BCUT2D eigenvalue weighted by Gasteiger charge is -2.22. The van der Waals surface area contributed by atoms with E-state index in [4.69, 9.17) is 14.2 Å². The van der Waals surface area contributed by atoms with Crippen molar-refractivity contribution in [2.45, 2.75) is 0 Å². The summed E-state index contributed by atoms with van der Waals surface area (Å²) in [5.74, 6) is -4.45. The predicted octanol–water partition coefficient (Wildman–Crippen LogP) is 2.46. The molecule has 3 aromatic rings. The first kappa shape index (κ1) is 27.2. The standard InChI is InChI=1S/C24H21F3N4O6/c25-19-7-16(10-28-13-19)22(32)35-4-1-31(2-5-36-23(33)17-8-20(26)14-29-11-17)3-6-37-24(34)18-9-21(27)15-30-12-18/h7-15H,1-6H2. The number of hydrogen-bond donors (Lipinski definition) is 0. The van der Waals surface area contributed by atoms with E-state index in [9.17, 15) is 27.6 Å². The van der Waals surface area contributed by atoms with Gasteiger partial charge in [0.1, 0.15) is 37.3 Å². The van der Waals surface area contributed by atoms with Gasteiger partial charge in [-0.1, -0.05) is 0 Å². The molecule has 0 radical (unpaired) electrons. The maximum Gasteiger partial charge on any atom is 0.339 e. The number of nitrogens with zero attached hydrogens (tertiary/aromatic N) is 4. The van der Waals surface area contributed by atoms with Gasteiger partial charge >= 0.3 is 17.9 Å². The van der Waals surface area contributed by atoms with E-state index in [0.29, 0.717) is 0 Å². The lowest BCUT2D eigenvalue weighted by Crippen LogP contribution is -2.35. The van der Waals surface area contributed by atoms with Gasteiger partial charge in [-0.05, 0) is 18.2 Å². The second-order valence-electron chi connectivity index (χ2n) is 7.42. The van der Waals surface area contributed by atoms with Gasteiger partial charge in [-0.3, -0.25) is 19.9 Å². The van der Waals surface area contributed by atoms with E-state index in [2.05, 4.69) is 15.0 Å². The number of hydrogen-bond acceptors (Lipinski definition) is 10. The number of carbonyl (C=O) groups excluding carboxylic acids is 3. The minimum atomic E-state index is -0.790. The van der Waals surface area contributed by atoms with Gasteiger partial charge < -0.3 is 14.2 Å². The van der Waals surface area contributed by atoms with Gasteiger partial charge in [0.05, 0.1) is 35.3 Å². The van der Waals surface area contributed by atoms with Crippen molar-refractivity contribution in [1.29, 1.82) is 0 Å². The van der Waals surface area contributed by atoms with Crippen LogP contribution in [-0.2, 0) is 14.2 Å². The van der Waals surface area contributed by atoms with E-state index >= 15 is 0 Å². The van der Waals surface area contributed by atoms with E-state index in [1.807, 2.05) is 0 Å². The molecule has 0 saturated heterocycles. The van der Waals surface area contributed by atoms with Crippen molar-refractivity contribution in [3.8, 4) is 0 Å². The zero-order chi connectivity index (χ0) is 26.6. The van der Waals surface area contributed by atoms with Crippen molar-refractivity contribution in [1.82, 2.24) is 19.9 Å². The Morgan fingerprint density at radius 3 is 1.14 bits per heavy atom. The molecule has 0 aliphatic carbocycles. The maximum atomic E-state index is 13.3. The van der Waals surface area contributed by atoms with E-state index in [0.717, 1.165) is 55.4 Å². The van der Waals surface area contributed by atoms with Crippen LogP contribution in [0.5, 0.6) is 0 Å². The summed E-state index contributed by atoms with van der Waals surface area (Å²) in [5, 5.41) is 0. The first-order valence-electron chi connectivity index (χ1n) is 10.9. The lowest BCUT2D eigenvalue weighted by atomic mass is 10.3. The van der Waals surface area contributed by atoms with Crippen LogP contribution in [0.3, 0.4) is 0 Å². The summed E-state index contributed by atoms with van der Waals surface area (Å²) >= 11 is 0. The molecule has 0 aliphatic rings. The van der Waals surface area contributed by atoms with Crippen molar-refractivity contribution >= 4 is 17.9 Å². The third kappa shape index (κ3) is 8.96. The minimum Gasteiger partial charge on any atom is -0.461 e. The van der Waals surface area contributed by atoms with Crippen LogP contribution in [-0.4, -0.2) is 77.2 Å². The topological polar surface area (TPSA) is 121 Å². The predicted molar refractivity (Wildman–Crippen MR) is 120 cm³/mol. The van der Waals surface area contributed by atoms with Crippen molar-refractivity contribution in [2.75, 3.05) is 39.5 Å². The average Bonchev–Trinajstić information content (AvgIpc) is 2.88. The van der Waals surface area contributed by atoms with Crippen LogP contribution in [0.25, 0.3) is 0 Å². The summed E-state index contributed by atoms with van der Waals surface area (Å²) in [6, 6.07) is 2.94. The second-order valence-corrected chi connectivity index (χ2v) is 7.42. The largest absolute Gasteiger partial charge is 0.461 e. The van der Waals surface area contributed by atoms with Crippen LogP contribution in [0.4, 0.5) is 13.2 Å². The normalized spacial score (nSPS) is 10.7. The first-order valence-corrected chi connectivity index (χ1v) is 10.9. The summed E-state index contributed by atoms with van der Waals surface area (Å²) < 4.78 is 55.2. The van der Waals surface area contributed by atoms with Gasteiger partial charge in [-0.2, -0.15) is 0 Å². The average molecular weight is 518 g/mol. The molecule has 0 bridgehead atoms. The minimum absolute atomic E-state index is 0.0678. The molecule has 3 heterocycles. The Bertz CT molecular complexity index is 1100. The highest BCUT2D eigenvalue weighted by Crippen LogP contribution is 2.06. The Morgan fingerprint density at radius 2 is 0.865 bits per heavy atom. The molecule has 0 unspecified atom stereocenters. The monoisotopic (exact) mass is 518 g/mol. The molecule has 3 rings (SSSR count). The molecule has 0 N–H and O–H groups in total. The van der Waals surface area contributed by atoms with Gasteiger partial charge in [-0.15, -0.1) is 0 Å². The number of aromatic nitrogens is 3. The zero-order valence-corrected chi connectivity index (χ0v) is 19.3. The second kappa shape index (κ2) is 13.6. The fraction of sp³-hybridized carbons (Fsp3) is 0.250. The number of esters is 3. The Balaban J connectivity index is 1.52. The van der Waals surface area contributed by atoms with Crippen LogP contribution >= 0.6 is 0 Å². The van der Waals surface area contributed by atoms with E-state index in [-0.39, 0.29) is 56.1 Å². The maximum absolute atomic E-state index is 13.3. The Kier molecular flexibility index (Phi) is 10.0. The molecule has 0 aromatic carbocycles. The molecule has 0 saturated carbocycles. The van der Waals surface area contributed by atoms with Crippen molar-refractivity contribution in [3.05, 3.63) is 89.5 Å². The van der Waals surface area contributed by atoms with E-state index < -0.39 is 35.4 Å². The quantitative estimate of drug-likeness (QED) is 0.261. The van der Waals surface area contributed by atoms with Crippen LogP contribution in [0.15, 0.2) is 55.4 Å². The van der Waals surface area contributed by atoms with Gasteiger partial charge in [0.2, 0.25) is 0 Å². The number of halogens is 3. The Hall–Kier alpha value is -4.39. The summed E-state index contributed by atoms with van der Waals surface area (Å²) in [4.78, 5) is 48.7. The molecule has 0 fully saturated rings. The zero-order valence-electron chi connectivity index (χ0n) is 19.3. The molecule has 0 spiro atoms. The Morgan fingerprint density at radius 1 is 0.568 bits per heavy atom. The number of carbonyl (C=O) groups is 3. The number of ether oxygens (including phenoxy) is 3. The molecule has 0 atom stereocenters. The SMILES string of the molecule is O=C(OCCN(CCOC(=O)c1cncc(F)c1)CCOC(=O)c1cncc(F)c1)c1cncc(F)c1. The molecule has 194 valence electrons. The highest BCUT2D eigenvalue weighted by molar-refractivity contribution is 5.89. The molecule has 10 nitrogen and oxygen atoms in total. The summed E-state index contributed by atoms with van der Waals surface area (Å²) in [5.41, 5.74) is -0.203. The molecule has 3 aromatic heterocycles. The number of rotatable bonds is 12. The highest BCUT2D eigenvalue weighted by Gasteiger charge is 2.15. The van der Waals surface area contributed by atoms with Crippen molar-refractivity contribution < 1.29 is 41.8 Å². The Labute approximate surface area is 209 Å². The molecular formula is C24H21F3N4O6. The third-order valence-corrected chi connectivity index (χ3v) is 4.74. The summed E-state index contributed by atoms with van der Waals surface area (Å²) in [7, 11) is 0. The van der Waals surface area contributed by atoms with Gasteiger partial charge in [0.25, 0.3) is 0 Å². The van der Waals surface area contributed by atoms with Crippen molar-refractivity contribution in [3.63, 3.8) is 0 Å². The van der Waals surface area contributed by atoms with Crippen LogP contribution < -0.4 is 0 Å². The number of pyridine rings is 3. The van der Waals surface area contributed by atoms with Gasteiger partial charge in [0, 0.05) is 38.2 Å². The molecule has 0 amide bonds. The summed E-state index contributed by atoms with van der Waals surface area (Å²) in [6.07, 6.45) is 6.31. The smallest absolute Gasteiger partial charge is 0.339 e. The lowest BCUT2D eigenvalue weighted by molar-refractivity contribution is 0.0330. The summed E-state index contributed by atoms with van der Waals surface area (Å²) in [6.45, 7) is 0.0164. The van der Waals surface area contributed by atoms with Crippen LogP contribution in [0.2, 0.25) is 0 Å².